The summed E-state index contributed by atoms with van der Waals surface area (Å²) in [6, 6.07) is 0. The number of unbranched alkanes of at least 4 members (excludes halogenated alkanes) is 7. The Hall–Kier alpha value is -0.970. The van der Waals surface area contributed by atoms with Crippen LogP contribution in [0.3, 0.4) is 0 Å². The van der Waals surface area contributed by atoms with Crippen LogP contribution < -0.4 is 5.73 Å². The molecule has 0 aliphatic carbocycles. The summed E-state index contributed by atoms with van der Waals surface area (Å²) in [4.78, 5) is 19.9. The van der Waals surface area contributed by atoms with Gasteiger partial charge in [0.2, 0.25) is 5.91 Å². The fraction of sp³-hybridized carbons (Fsp3) is 0.958. The summed E-state index contributed by atoms with van der Waals surface area (Å²) in [6.45, 7) is 6.92. The van der Waals surface area contributed by atoms with Gasteiger partial charge in [0.1, 0.15) is 6.61 Å². The van der Waals surface area contributed by atoms with E-state index >= 15 is 0 Å². The molecule has 0 atom stereocenters. The molecule has 13 heteroatoms. The smallest absolute Gasteiger partial charge is 0.243 e. The van der Waals surface area contributed by atoms with Crippen LogP contribution in [0, 0.1) is 0 Å². The molecule has 2 N–H and O–H groups in total. The highest BCUT2D eigenvalue weighted by atomic mass is 17.8. The number of amides is 1. The number of carbonyl (C=O) groups excluding carboxylic acids is 1. The van der Waals surface area contributed by atoms with Gasteiger partial charge in [-0.2, -0.15) is 4.89 Å². The highest BCUT2D eigenvalue weighted by Crippen LogP contribution is 2.08. The first-order valence-corrected chi connectivity index (χ1v) is 13.3. The van der Waals surface area contributed by atoms with E-state index in [2.05, 4.69) is 26.9 Å². The second-order valence-corrected chi connectivity index (χ2v) is 7.97. The Labute approximate surface area is 221 Å². The molecule has 0 spiro atoms. The molecule has 0 saturated carbocycles. The minimum atomic E-state index is -0.475. The van der Waals surface area contributed by atoms with Gasteiger partial charge in [0.05, 0.1) is 59.5 Å². The Kier molecular flexibility index (Phi) is 32.2. The van der Waals surface area contributed by atoms with Crippen molar-refractivity contribution in [1.82, 2.24) is 0 Å². The maximum absolute atomic E-state index is 10.5. The number of hydrogen-bond acceptors (Lipinski definition) is 12. The van der Waals surface area contributed by atoms with E-state index in [0.717, 1.165) is 12.8 Å². The summed E-state index contributed by atoms with van der Waals surface area (Å²) in [5, 5.41) is 12.9. The second kappa shape index (κ2) is 33.1. The van der Waals surface area contributed by atoms with E-state index in [1.54, 1.807) is 0 Å². The van der Waals surface area contributed by atoms with Gasteiger partial charge in [0.25, 0.3) is 0 Å². The molecule has 0 heterocycles. The summed E-state index contributed by atoms with van der Waals surface area (Å²) in [7, 11) is 0. The van der Waals surface area contributed by atoms with Gasteiger partial charge in [0, 0.05) is 13.2 Å². The molecule has 0 rings (SSSR count). The van der Waals surface area contributed by atoms with E-state index in [1.165, 1.54) is 38.5 Å². The highest BCUT2D eigenvalue weighted by molar-refractivity contribution is 5.74. The zero-order valence-electron chi connectivity index (χ0n) is 22.5. The number of primary amides is 1. The van der Waals surface area contributed by atoms with Crippen molar-refractivity contribution in [1.29, 1.82) is 0 Å². The lowest BCUT2D eigenvalue weighted by molar-refractivity contribution is -0.712. The monoisotopic (exact) mass is 543 g/mol. The summed E-state index contributed by atoms with van der Waals surface area (Å²) >= 11 is 0. The zero-order chi connectivity index (χ0) is 26.9. The van der Waals surface area contributed by atoms with Crippen molar-refractivity contribution in [2.45, 2.75) is 64.7 Å². The molecule has 13 nitrogen and oxygen atoms in total. The predicted molar refractivity (Wildman–Crippen MR) is 132 cm³/mol. The van der Waals surface area contributed by atoms with Gasteiger partial charge in [-0.25, -0.2) is 4.89 Å². The largest absolute Gasteiger partial charge is 0.379 e. The van der Waals surface area contributed by atoms with Crippen molar-refractivity contribution in [2.24, 2.45) is 5.73 Å². The van der Waals surface area contributed by atoms with Gasteiger partial charge in [-0.05, 0) is 28.0 Å². The molecule has 0 aromatic rings. The highest BCUT2D eigenvalue weighted by Gasteiger charge is 1.97. The molecular weight excluding hydrogens is 494 g/mol. The average molecular weight is 544 g/mol. The van der Waals surface area contributed by atoms with Gasteiger partial charge in [0.15, 0.2) is 6.79 Å². The van der Waals surface area contributed by atoms with Crippen molar-refractivity contribution in [3.63, 3.8) is 0 Å². The van der Waals surface area contributed by atoms with Crippen LogP contribution in [0.15, 0.2) is 0 Å². The standard InChI is InChI=1S/C24H49NO12/c1-2-3-4-5-6-7-8-9-13-33-35-37-36-34-23-32-21-20-30-19-18-29-17-16-28-15-14-27-11-10-12-31-22-24(25)26/h2-23H2,1H3,(H2,25,26). The molecule has 37 heavy (non-hydrogen) atoms. The van der Waals surface area contributed by atoms with Crippen LogP contribution in [0.25, 0.3) is 0 Å². The topological polar surface area (TPSA) is 145 Å². The van der Waals surface area contributed by atoms with Crippen LogP contribution >= 0.6 is 0 Å². The minimum Gasteiger partial charge on any atom is -0.379 e. The van der Waals surface area contributed by atoms with E-state index in [-0.39, 0.29) is 13.4 Å². The van der Waals surface area contributed by atoms with E-state index < -0.39 is 5.91 Å². The third kappa shape index (κ3) is 35.0. The molecule has 0 fully saturated rings. The number of rotatable bonds is 33. The van der Waals surface area contributed by atoms with Crippen LogP contribution in [-0.4, -0.2) is 92.0 Å². The molecule has 0 aliphatic rings. The van der Waals surface area contributed by atoms with Crippen molar-refractivity contribution >= 4 is 5.91 Å². The third-order valence-corrected chi connectivity index (χ3v) is 4.67. The maximum atomic E-state index is 10.5. The summed E-state index contributed by atoms with van der Waals surface area (Å²) < 4.78 is 31.6. The molecule has 222 valence electrons. The van der Waals surface area contributed by atoms with Gasteiger partial charge in [-0.1, -0.05) is 51.9 Å². The van der Waals surface area contributed by atoms with Crippen LogP contribution in [0.4, 0.5) is 0 Å². The Bertz CT molecular complexity index is 448. The lowest BCUT2D eigenvalue weighted by Gasteiger charge is -2.08. The fourth-order valence-corrected chi connectivity index (χ4v) is 2.81. The lowest BCUT2D eigenvalue weighted by atomic mass is 10.1. The van der Waals surface area contributed by atoms with E-state index in [4.69, 9.17) is 39.0 Å². The number of nitrogens with two attached hydrogens (primary N) is 1. The summed E-state index contributed by atoms with van der Waals surface area (Å²) in [5.74, 6) is -0.475. The first kappa shape index (κ1) is 36.0. The molecule has 0 aromatic carbocycles. The third-order valence-electron chi connectivity index (χ3n) is 4.67. The molecule has 0 saturated heterocycles. The normalized spacial score (nSPS) is 11.4. The molecule has 0 unspecified atom stereocenters. The summed E-state index contributed by atoms with van der Waals surface area (Å²) in [5.41, 5.74) is 4.96. The average Bonchev–Trinajstić information content (AvgIpc) is 2.89. The Morgan fingerprint density at radius 2 is 0.973 bits per heavy atom. The van der Waals surface area contributed by atoms with Crippen molar-refractivity contribution in [3.05, 3.63) is 0 Å². The van der Waals surface area contributed by atoms with E-state index in [1.807, 2.05) is 0 Å². The first-order valence-electron chi connectivity index (χ1n) is 13.3. The van der Waals surface area contributed by atoms with Crippen LogP contribution in [0.1, 0.15) is 64.7 Å². The lowest BCUT2D eigenvalue weighted by Crippen LogP contribution is -2.18. The maximum Gasteiger partial charge on any atom is 0.243 e. The van der Waals surface area contributed by atoms with Crippen LogP contribution in [0.5, 0.6) is 0 Å². The second-order valence-electron chi connectivity index (χ2n) is 7.97. The molecule has 0 aromatic heterocycles. The number of carbonyl (C=O) groups is 1. The predicted octanol–water partition coefficient (Wildman–Crippen LogP) is 2.80. The molecule has 0 radical (unpaired) electrons. The van der Waals surface area contributed by atoms with Crippen LogP contribution in [-0.2, 0) is 58.1 Å². The Balaban J connectivity index is 3.02. The van der Waals surface area contributed by atoms with Crippen molar-refractivity contribution < 1.29 is 58.1 Å². The van der Waals surface area contributed by atoms with Crippen LogP contribution in [0.2, 0.25) is 0 Å². The summed E-state index contributed by atoms with van der Waals surface area (Å²) in [6.07, 6.45) is 10.4. The van der Waals surface area contributed by atoms with E-state index in [9.17, 15) is 4.79 Å². The van der Waals surface area contributed by atoms with Gasteiger partial charge >= 0.3 is 0 Å². The van der Waals surface area contributed by atoms with Gasteiger partial charge in [-0.15, -0.1) is 0 Å². The fourth-order valence-electron chi connectivity index (χ4n) is 2.81. The molecule has 0 aliphatic heterocycles. The Morgan fingerprint density at radius 1 is 0.486 bits per heavy atom. The number of hydrogen-bond donors (Lipinski definition) is 1. The van der Waals surface area contributed by atoms with Gasteiger partial charge in [-0.3, -0.25) is 4.79 Å². The Morgan fingerprint density at radius 3 is 1.57 bits per heavy atom. The van der Waals surface area contributed by atoms with Gasteiger partial charge < -0.3 is 34.2 Å². The van der Waals surface area contributed by atoms with Crippen molar-refractivity contribution in [2.75, 3.05) is 86.1 Å². The molecule has 0 bridgehead atoms. The molecular formula is C24H49NO12. The quantitative estimate of drug-likeness (QED) is 0.0562. The van der Waals surface area contributed by atoms with Crippen molar-refractivity contribution in [3.8, 4) is 0 Å². The number of ether oxygens (including phenoxy) is 6. The SMILES string of the molecule is CCCCCCCCCCOOOOOCOCCOCCOCCOCCOCCCOCC(N)=O. The van der Waals surface area contributed by atoms with E-state index in [0.29, 0.717) is 79.1 Å². The molecule has 1 amide bonds. The minimum absolute atomic E-state index is 0.0611. The first-order chi connectivity index (χ1) is 18.3. The zero-order valence-corrected chi connectivity index (χ0v) is 22.5.